The van der Waals surface area contributed by atoms with Gasteiger partial charge in [-0.3, -0.25) is 10.1 Å². The molecule has 1 heterocycles. The molecule has 3 rings (SSSR count). The molecule has 3 aromatic rings. The highest BCUT2D eigenvalue weighted by Crippen LogP contribution is 2.32. The number of anilines is 2. The molecule has 1 amide bonds. The Morgan fingerprint density at radius 3 is 2.54 bits per heavy atom. The van der Waals surface area contributed by atoms with Gasteiger partial charge in [0.15, 0.2) is 10.9 Å². The van der Waals surface area contributed by atoms with E-state index in [0.29, 0.717) is 10.9 Å². The molecule has 0 radical (unpaired) electrons. The van der Waals surface area contributed by atoms with E-state index in [0.717, 1.165) is 14.9 Å². The van der Waals surface area contributed by atoms with Crippen molar-refractivity contribution >= 4 is 39.8 Å². The molecule has 0 bridgehead atoms. The van der Waals surface area contributed by atoms with Crippen LogP contribution >= 0.6 is 23.1 Å². The number of carbonyl (C=O) groups is 1. The minimum absolute atomic E-state index is 0.0714. The SMILES string of the molecule is CN(C)c1ccc(Sc2nnc(NC(=O)COc3ccccc3)s2)cc1. The summed E-state index contributed by atoms with van der Waals surface area (Å²) in [4.78, 5) is 15.1. The minimum Gasteiger partial charge on any atom is -0.484 e. The molecule has 0 saturated carbocycles. The van der Waals surface area contributed by atoms with Crippen molar-refractivity contribution in [2.45, 2.75) is 9.24 Å². The van der Waals surface area contributed by atoms with Crippen LogP contribution in [0.5, 0.6) is 5.75 Å². The number of aromatic nitrogens is 2. The number of benzene rings is 2. The Balaban J connectivity index is 1.51. The second-order valence-electron chi connectivity index (χ2n) is 5.51. The molecule has 134 valence electrons. The first kappa shape index (κ1) is 18.2. The van der Waals surface area contributed by atoms with Crippen molar-refractivity contribution < 1.29 is 9.53 Å². The molecular weight excluding hydrogens is 368 g/mol. The van der Waals surface area contributed by atoms with Crippen LogP contribution in [0.3, 0.4) is 0 Å². The van der Waals surface area contributed by atoms with Crippen LogP contribution in [0.2, 0.25) is 0 Å². The summed E-state index contributed by atoms with van der Waals surface area (Å²) < 4.78 is 6.17. The molecule has 1 aromatic heterocycles. The third-order valence-electron chi connectivity index (χ3n) is 3.32. The maximum absolute atomic E-state index is 11.9. The number of nitrogens with zero attached hydrogens (tertiary/aromatic N) is 3. The first-order chi connectivity index (χ1) is 12.6. The average molecular weight is 387 g/mol. The normalized spacial score (nSPS) is 10.4. The van der Waals surface area contributed by atoms with Crippen molar-refractivity contribution in [3.63, 3.8) is 0 Å². The molecule has 0 atom stereocenters. The van der Waals surface area contributed by atoms with E-state index in [1.165, 1.54) is 23.1 Å². The van der Waals surface area contributed by atoms with Crippen LogP contribution in [0.4, 0.5) is 10.8 Å². The summed E-state index contributed by atoms with van der Waals surface area (Å²) >= 11 is 2.84. The summed E-state index contributed by atoms with van der Waals surface area (Å²) in [6.45, 7) is -0.0714. The molecule has 0 unspecified atom stereocenters. The molecule has 2 aromatic carbocycles. The van der Waals surface area contributed by atoms with E-state index < -0.39 is 0 Å². The van der Waals surface area contributed by atoms with Gasteiger partial charge in [0.2, 0.25) is 5.13 Å². The fourth-order valence-corrected chi connectivity index (χ4v) is 3.78. The zero-order chi connectivity index (χ0) is 18.4. The van der Waals surface area contributed by atoms with Crippen molar-refractivity contribution in [2.75, 3.05) is 30.9 Å². The Hall–Kier alpha value is -2.58. The Kier molecular flexibility index (Phi) is 6.08. The van der Waals surface area contributed by atoms with Gasteiger partial charge in [-0.15, -0.1) is 10.2 Å². The molecule has 8 heteroatoms. The number of rotatable bonds is 7. The van der Waals surface area contributed by atoms with Crippen molar-refractivity contribution in [2.24, 2.45) is 0 Å². The smallest absolute Gasteiger partial charge is 0.264 e. The molecule has 0 spiro atoms. The largest absolute Gasteiger partial charge is 0.484 e. The lowest BCUT2D eigenvalue weighted by atomic mass is 10.3. The standard InChI is InChI=1S/C18H18N4O2S2/c1-22(2)13-8-10-15(11-9-13)25-18-21-20-17(26-18)19-16(23)12-24-14-6-4-3-5-7-14/h3-11H,12H2,1-2H3,(H,19,20,23). The molecule has 1 N–H and O–H groups in total. The highest BCUT2D eigenvalue weighted by Gasteiger charge is 2.10. The Morgan fingerprint density at radius 2 is 1.85 bits per heavy atom. The molecule has 0 saturated heterocycles. The van der Waals surface area contributed by atoms with Gasteiger partial charge >= 0.3 is 0 Å². The quantitative estimate of drug-likeness (QED) is 0.624. The Morgan fingerprint density at radius 1 is 1.12 bits per heavy atom. The molecule has 0 aliphatic heterocycles. The molecule has 0 aliphatic rings. The van der Waals surface area contributed by atoms with Crippen molar-refractivity contribution in [3.05, 3.63) is 54.6 Å². The van der Waals surface area contributed by atoms with E-state index in [9.17, 15) is 4.79 Å². The van der Waals surface area contributed by atoms with Gasteiger partial charge in [0.25, 0.3) is 5.91 Å². The van der Waals surface area contributed by atoms with Crippen LogP contribution < -0.4 is 15.0 Å². The van der Waals surface area contributed by atoms with Gasteiger partial charge in [-0.2, -0.15) is 0 Å². The Bertz CT molecular complexity index is 851. The summed E-state index contributed by atoms with van der Waals surface area (Å²) in [5, 5.41) is 11.3. The summed E-state index contributed by atoms with van der Waals surface area (Å²) in [6, 6.07) is 17.4. The van der Waals surface area contributed by atoms with Crippen LogP contribution in [0, 0.1) is 0 Å². The highest BCUT2D eigenvalue weighted by atomic mass is 32.2. The number of hydrogen-bond donors (Lipinski definition) is 1. The van der Waals surface area contributed by atoms with E-state index in [-0.39, 0.29) is 12.5 Å². The molecule has 0 aliphatic carbocycles. The van der Waals surface area contributed by atoms with Crippen molar-refractivity contribution in [1.29, 1.82) is 0 Å². The van der Waals surface area contributed by atoms with Crippen LogP contribution in [0.15, 0.2) is 63.8 Å². The zero-order valence-electron chi connectivity index (χ0n) is 14.4. The summed E-state index contributed by atoms with van der Waals surface area (Å²) in [5.74, 6) is 0.384. The summed E-state index contributed by atoms with van der Waals surface area (Å²) in [5.41, 5.74) is 1.14. The maximum atomic E-state index is 11.9. The predicted octanol–water partition coefficient (Wildman–Crippen LogP) is 3.77. The van der Waals surface area contributed by atoms with Crippen molar-refractivity contribution in [3.8, 4) is 5.75 Å². The fourth-order valence-electron chi connectivity index (χ4n) is 2.04. The van der Waals surface area contributed by atoms with Gasteiger partial charge in [0.1, 0.15) is 5.75 Å². The topological polar surface area (TPSA) is 67.4 Å². The lowest BCUT2D eigenvalue weighted by Crippen LogP contribution is -2.20. The van der Waals surface area contributed by atoms with E-state index in [1.54, 1.807) is 12.1 Å². The van der Waals surface area contributed by atoms with Crippen LogP contribution in [0.25, 0.3) is 0 Å². The lowest BCUT2D eigenvalue weighted by molar-refractivity contribution is -0.118. The first-order valence-electron chi connectivity index (χ1n) is 7.86. The lowest BCUT2D eigenvalue weighted by Gasteiger charge is -2.11. The van der Waals surface area contributed by atoms with Gasteiger partial charge in [-0.05, 0) is 36.4 Å². The van der Waals surface area contributed by atoms with E-state index in [4.69, 9.17) is 4.74 Å². The maximum Gasteiger partial charge on any atom is 0.264 e. The molecular formula is C18H18N4O2S2. The average Bonchev–Trinajstić information content (AvgIpc) is 3.08. The van der Waals surface area contributed by atoms with Gasteiger partial charge in [0, 0.05) is 24.7 Å². The van der Waals surface area contributed by atoms with Crippen LogP contribution in [0.1, 0.15) is 0 Å². The summed E-state index contributed by atoms with van der Waals surface area (Å²) in [7, 11) is 4.01. The van der Waals surface area contributed by atoms with Gasteiger partial charge in [-0.25, -0.2) is 0 Å². The van der Waals surface area contributed by atoms with E-state index in [2.05, 4.69) is 15.5 Å². The van der Waals surface area contributed by atoms with Gasteiger partial charge in [0.05, 0.1) is 0 Å². The van der Waals surface area contributed by atoms with Gasteiger partial charge in [-0.1, -0.05) is 41.3 Å². The predicted molar refractivity (Wildman–Crippen MR) is 105 cm³/mol. The summed E-state index contributed by atoms with van der Waals surface area (Å²) in [6.07, 6.45) is 0. The fraction of sp³-hybridized carbons (Fsp3) is 0.167. The minimum atomic E-state index is -0.267. The molecule has 0 fully saturated rings. The third-order valence-corrected chi connectivity index (χ3v) is 5.22. The van der Waals surface area contributed by atoms with Crippen molar-refractivity contribution in [1.82, 2.24) is 10.2 Å². The van der Waals surface area contributed by atoms with Gasteiger partial charge < -0.3 is 9.64 Å². The van der Waals surface area contributed by atoms with E-state index >= 15 is 0 Å². The number of carbonyl (C=O) groups excluding carboxylic acids is 1. The van der Waals surface area contributed by atoms with Crippen LogP contribution in [-0.4, -0.2) is 36.8 Å². The highest BCUT2D eigenvalue weighted by molar-refractivity contribution is 8.01. The van der Waals surface area contributed by atoms with Crippen LogP contribution in [-0.2, 0) is 4.79 Å². The monoisotopic (exact) mass is 386 g/mol. The number of hydrogen-bond acceptors (Lipinski definition) is 7. The number of amides is 1. The second-order valence-corrected chi connectivity index (χ2v) is 7.81. The number of nitrogens with one attached hydrogen (secondary N) is 1. The third kappa shape index (κ3) is 5.21. The number of ether oxygens (including phenoxy) is 1. The zero-order valence-corrected chi connectivity index (χ0v) is 16.0. The first-order valence-corrected chi connectivity index (χ1v) is 9.50. The molecule has 6 nitrogen and oxygen atoms in total. The second kappa shape index (κ2) is 8.68. The molecule has 26 heavy (non-hydrogen) atoms. The Labute approximate surface area is 160 Å². The van der Waals surface area contributed by atoms with E-state index in [1.807, 2.05) is 61.5 Å². The number of para-hydroxylation sites is 1.